The Morgan fingerprint density at radius 1 is 1.29 bits per heavy atom. The van der Waals surface area contributed by atoms with Crippen molar-refractivity contribution in [1.29, 1.82) is 0 Å². The van der Waals surface area contributed by atoms with Crippen molar-refractivity contribution in [2.45, 2.75) is 90.6 Å². The molecule has 0 aromatic carbocycles. The fraction of sp³-hybridized carbons (Fsp3) is 0.800. The van der Waals surface area contributed by atoms with Gasteiger partial charge in [-0.05, 0) is 56.3 Å². The van der Waals surface area contributed by atoms with E-state index in [1.807, 2.05) is 14.1 Å². The molecule has 0 aromatic heterocycles. The number of aliphatic hydroxyl groups excluding tert-OH is 1. The Balaban J connectivity index is 1.76. The summed E-state index contributed by atoms with van der Waals surface area (Å²) in [6, 6.07) is 0. The summed E-state index contributed by atoms with van der Waals surface area (Å²) in [6.07, 6.45) is 19.3. The predicted molar refractivity (Wildman–Crippen MR) is 118 cm³/mol. The smallest absolute Gasteiger partial charge is 0.222 e. The number of nitrogens with zero attached hydrogens (tertiary/aromatic N) is 1. The minimum atomic E-state index is -0.169. The highest BCUT2D eigenvalue weighted by Gasteiger charge is 2.43. The number of aliphatic hydroxyl groups is 1. The number of rotatable bonds is 12. The summed E-state index contributed by atoms with van der Waals surface area (Å²) in [5.74, 6) is 2.52. The number of hydrogen-bond donors (Lipinski definition) is 1. The lowest BCUT2D eigenvalue weighted by Gasteiger charge is -2.19. The standard InChI is InChI=1S/C25H43NO2/c1-5-7-11-19(6-2)13-10-14-22-23-17-20(16-21(23)18-24(22)27)12-8-9-15-25(28)26(3)4/h10,14,16,19,21-24,27H,5-9,11-13,15,17-18H2,1-4H3/t19?,21-,22+,23+,24+/m0/s1. The van der Waals surface area contributed by atoms with Gasteiger partial charge in [-0.2, -0.15) is 0 Å². The Morgan fingerprint density at radius 3 is 2.75 bits per heavy atom. The number of hydrogen-bond acceptors (Lipinski definition) is 2. The molecule has 28 heavy (non-hydrogen) atoms. The van der Waals surface area contributed by atoms with E-state index in [-0.39, 0.29) is 12.0 Å². The van der Waals surface area contributed by atoms with E-state index < -0.39 is 0 Å². The number of carbonyl (C=O) groups excluding carboxylic acids is 1. The summed E-state index contributed by atoms with van der Waals surface area (Å²) in [5.41, 5.74) is 1.56. The van der Waals surface area contributed by atoms with Crippen LogP contribution < -0.4 is 0 Å². The molecule has 160 valence electrons. The number of carbonyl (C=O) groups is 1. The van der Waals surface area contributed by atoms with Crippen molar-refractivity contribution in [2.24, 2.45) is 23.7 Å². The van der Waals surface area contributed by atoms with Gasteiger partial charge in [0.15, 0.2) is 0 Å². The molecule has 2 aliphatic rings. The molecule has 1 N–H and O–H groups in total. The molecule has 1 fully saturated rings. The Morgan fingerprint density at radius 2 is 2.07 bits per heavy atom. The molecule has 1 unspecified atom stereocenters. The van der Waals surface area contributed by atoms with Crippen LogP contribution in [0.15, 0.2) is 23.8 Å². The summed E-state index contributed by atoms with van der Waals surface area (Å²) >= 11 is 0. The van der Waals surface area contributed by atoms with Crippen LogP contribution in [-0.2, 0) is 4.79 Å². The molecule has 0 heterocycles. The predicted octanol–water partition coefficient (Wildman–Crippen LogP) is 5.74. The second kappa shape index (κ2) is 11.8. The molecular formula is C25H43NO2. The van der Waals surface area contributed by atoms with Crippen molar-refractivity contribution in [1.82, 2.24) is 4.90 Å². The van der Waals surface area contributed by atoms with Gasteiger partial charge in [0.25, 0.3) is 0 Å². The molecule has 0 spiro atoms. The molecule has 5 atom stereocenters. The van der Waals surface area contributed by atoms with Gasteiger partial charge in [0.05, 0.1) is 6.10 Å². The summed E-state index contributed by atoms with van der Waals surface area (Å²) < 4.78 is 0. The fourth-order valence-corrected chi connectivity index (χ4v) is 5.05. The molecule has 0 radical (unpaired) electrons. The highest BCUT2D eigenvalue weighted by atomic mass is 16.3. The maximum Gasteiger partial charge on any atom is 0.222 e. The zero-order chi connectivity index (χ0) is 20.5. The van der Waals surface area contributed by atoms with E-state index in [2.05, 4.69) is 32.1 Å². The van der Waals surface area contributed by atoms with Gasteiger partial charge in [0.2, 0.25) is 5.91 Å². The highest BCUT2D eigenvalue weighted by molar-refractivity contribution is 5.75. The van der Waals surface area contributed by atoms with Crippen LogP contribution in [0, 0.1) is 23.7 Å². The third kappa shape index (κ3) is 6.76. The van der Waals surface area contributed by atoms with Gasteiger partial charge >= 0.3 is 0 Å². The lowest BCUT2D eigenvalue weighted by molar-refractivity contribution is -0.128. The van der Waals surface area contributed by atoms with Crippen LogP contribution in [0.2, 0.25) is 0 Å². The van der Waals surface area contributed by atoms with Crippen LogP contribution in [0.3, 0.4) is 0 Å². The van der Waals surface area contributed by atoms with Crippen LogP contribution in [0.25, 0.3) is 0 Å². The Kier molecular flexibility index (Phi) is 9.77. The molecule has 2 aliphatic carbocycles. The second-order valence-electron chi connectivity index (χ2n) is 9.31. The Bertz CT molecular complexity index is 537. The minimum Gasteiger partial charge on any atom is -0.392 e. The van der Waals surface area contributed by atoms with E-state index in [4.69, 9.17) is 0 Å². The normalized spacial score (nSPS) is 27.8. The van der Waals surface area contributed by atoms with Gasteiger partial charge in [0.1, 0.15) is 0 Å². The Labute approximate surface area is 173 Å². The summed E-state index contributed by atoms with van der Waals surface area (Å²) in [7, 11) is 3.66. The number of allylic oxidation sites excluding steroid dienone is 3. The van der Waals surface area contributed by atoms with Crippen molar-refractivity contribution >= 4 is 5.91 Å². The SMILES string of the molecule is CCCCC(CC)CC=C[C@@H]1[C@@H]2CC(CCCCC(=O)N(C)C)=C[C@H]2C[C@H]1O. The number of amides is 1. The molecule has 0 aliphatic heterocycles. The monoisotopic (exact) mass is 389 g/mol. The van der Waals surface area contributed by atoms with Gasteiger partial charge in [-0.25, -0.2) is 0 Å². The minimum absolute atomic E-state index is 0.169. The molecule has 1 saturated carbocycles. The maximum atomic E-state index is 11.7. The molecular weight excluding hydrogens is 346 g/mol. The largest absolute Gasteiger partial charge is 0.392 e. The molecule has 3 nitrogen and oxygen atoms in total. The van der Waals surface area contributed by atoms with Gasteiger partial charge in [-0.1, -0.05) is 63.3 Å². The van der Waals surface area contributed by atoms with Gasteiger partial charge < -0.3 is 10.0 Å². The quantitative estimate of drug-likeness (QED) is 0.341. The zero-order valence-corrected chi connectivity index (χ0v) is 18.7. The molecule has 0 bridgehead atoms. The first kappa shape index (κ1) is 23.2. The van der Waals surface area contributed by atoms with Crippen LogP contribution in [0.5, 0.6) is 0 Å². The van der Waals surface area contributed by atoms with Crippen molar-refractivity contribution < 1.29 is 9.90 Å². The van der Waals surface area contributed by atoms with E-state index in [1.54, 1.807) is 10.5 Å². The zero-order valence-electron chi connectivity index (χ0n) is 18.7. The van der Waals surface area contributed by atoms with Crippen molar-refractivity contribution in [3.05, 3.63) is 23.8 Å². The molecule has 3 heteroatoms. The van der Waals surface area contributed by atoms with Gasteiger partial charge in [0, 0.05) is 26.4 Å². The lowest BCUT2D eigenvalue weighted by Crippen LogP contribution is -2.21. The van der Waals surface area contributed by atoms with E-state index in [0.717, 1.165) is 44.4 Å². The number of unbranched alkanes of at least 4 members (excludes halogenated alkanes) is 2. The first-order valence-electron chi connectivity index (χ1n) is 11.7. The highest BCUT2D eigenvalue weighted by Crippen LogP contribution is 2.48. The molecule has 2 rings (SSSR count). The molecule has 0 saturated heterocycles. The third-order valence-electron chi connectivity index (χ3n) is 6.96. The van der Waals surface area contributed by atoms with Gasteiger partial charge in [-0.3, -0.25) is 4.79 Å². The van der Waals surface area contributed by atoms with E-state index in [1.165, 1.54) is 25.7 Å². The van der Waals surface area contributed by atoms with E-state index in [0.29, 0.717) is 24.2 Å². The third-order valence-corrected chi connectivity index (χ3v) is 6.96. The van der Waals surface area contributed by atoms with Crippen LogP contribution in [0.4, 0.5) is 0 Å². The summed E-state index contributed by atoms with van der Waals surface area (Å²) in [6.45, 7) is 4.57. The average molecular weight is 390 g/mol. The maximum absolute atomic E-state index is 11.7. The fourth-order valence-electron chi connectivity index (χ4n) is 5.05. The molecule has 1 amide bonds. The van der Waals surface area contributed by atoms with Gasteiger partial charge in [-0.15, -0.1) is 0 Å². The van der Waals surface area contributed by atoms with Crippen LogP contribution >= 0.6 is 0 Å². The lowest BCUT2D eigenvalue weighted by atomic mass is 9.87. The van der Waals surface area contributed by atoms with Crippen LogP contribution in [-0.4, -0.2) is 36.1 Å². The number of fused-ring (bicyclic) bond motifs is 1. The molecule has 0 aromatic rings. The van der Waals surface area contributed by atoms with Crippen LogP contribution in [0.1, 0.15) is 84.5 Å². The van der Waals surface area contributed by atoms with E-state index in [9.17, 15) is 9.90 Å². The summed E-state index contributed by atoms with van der Waals surface area (Å²) in [5, 5.41) is 10.5. The second-order valence-corrected chi connectivity index (χ2v) is 9.31. The first-order valence-corrected chi connectivity index (χ1v) is 11.7. The Hall–Kier alpha value is -1.09. The topological polar surface area (TPSA) is 40.5 Å². The van der Waals surface area contributed by atoms with E-state index >= 15 is 0 Å². The summed E-state index contributed by atoms with van der Waals surface area (Å²) in [4.78, 5) is 13.4. The van der Waals surface area contributed by atoms with Crippen molar-refractivity contribution in [3.63, 3.8) is 0 Å². The first-order chi connectivity index (χ1) is 13.5. The van der Waals surface area contributed by atoms with Crippen molar-refractivity contribution in [3.8, 4) is 0 Å². The van der Waals surface area contributed by atoms with Crippen molar-refractivity contribution in [2.75, 3.05) is 14.1 Å². The average Bonchev–Trinajstić information content (AvgIpc) is 3.18.